The quantitative estimate of drug-likeness (QED) is 0.733. The van der Waals surface area contributed by atoms with E-state index in [-0.39, 0.29) is 16.6 Å². The van der Waals surface area contributed by atoms with Gasteiger partial charge in [-0.15, -0.1) is 0 Å². The van der Waals surface area contributed by atoms with Crippen LogP contribution in [0.15, 0.2) is 41.1 Å². The smallest absolute Gasteiger partial charge is 0.260 e. The van der Waals surface area contributed by atoms with Gasteiger partial charge in [0.15, 0.2) is 11.4 Å². The maximum absolute atomic E-state index is 12.1. The van der Waals surface area contributed by atoms with Gasteiger partial charge in [-0.1, -0.05) is 28.4 Å². The van der Waals surface area contributed by atoms with Crippen molar-refractivity contribution in [2.45, 2.75) is 6.92 Å². The van der Waals surface area contributed by atoms with Crippen LogP contribution in [0, 0.1) is 6.92 Å². The lowest BCUT2D eigenvalue weighted by Gasteiger charge is -2.03. The highest BCUT2D eigenvalue weighted by atomic mass is 35.5. The van der Waals surface area contributed by atoms with E-state index in [0.29, 0.717) is 11.4 Å². The van der Waals surface area contributed by atoms with Crippen LogP contribution in [0.4, 0.5) is 5.82 Å². The fourth-order valence-corrected chi connectivity index (χ4v) is 2.08. The van der Waals surface area contributed by atoms with Crippen molar-refractivity contribution in [2.75, 3.05) is 5.32 Å². The number of amides is 1. The molecule has 1 N–H and O–H groups in total. The van der Waals surface area contributed by atoms with Gasteiger partial charge in [-0.25, -0.2) is 4.98 Å². The Kier molecular flexibility index (Phi) is 3.12. The molecule has 2 heterocycles. The Morgan fingerprint density at radius 2 is 2.20 bits per heavy atom. The Morgan fingerprint density at radius 1 is 1.35 bits per heavy atom. The van der Waals surface area contributed by atoms with Gasteiger partial charge >= 0.3 is 0 Å². The van der Waals surface area contributed by atoms with E-state index in [2.05, 4.69) is 15.5 Å². The van der Waals surface area contributed by atoms with Gasteiger partial charge in [0.2, 0.25) is 0 Å². The molecule has 3 aromatic rings. The van der Waals surface area contributed by atoms with Crippen LogP contribution in [0.2, 0.25) is 5.15 Å². The Bertz CT molecular complexity index is 798. The number of halogens is 1. The Balaban J connectivity index is 1.96. The van der Waals surface area contributed by atoms with Crippen LogP contribution in [-0.2, 0) is 0 Å². The highest BCUT2D eigenvalue weighted by molar-refractivity contribution is 6.33. The molecule has 5 nitrogen and oxygen atoms in total. The third-order valence-electron chi connectivity index (χ3n) is 2.86. The molecule has 1 amide bonds. The summed E-state index contributed by atoms with van der Waals surface area (Å²) < 4.78 is 5.16. The zero-order chi connectivity index (χ0) is 14.1. The zero-order valence-electron chi connectivity index (χ0n) is 10.6. The van der Waals surface area contributed by atoms with Gasteiger partial charge in [-0.05, 0) is 31.2 Å². The van der Waals surface area contributed by atoms with Gasteiger partial charge in [0.1, 0.15) is 5.15 Å². The molecule has 3 rings (SSSR count). The number of fused-ring (bicyclic) bond motifs is 1. The molecule has 0 unspecified atom stereocenters. The van der Waals surface area contributed by atoms with Crippen molar-refractivity contribution in [3.05, 3.63) is 52.8 Å². The normalized spacial score (nSPS) is 10.7. The van der Waals surface area contributed by atoms with Crippen molar-refractivity contribution < 1.29 is 9.32 Å². The number of hydrogen-bond donors (Lipinski definition) is 1. The summed E-state index contributed by atoms with van der Waals surface area (Å²) in [5.74, 6) is -0.00609. The molecular formula is C14H10ClN3O2. The van der Waals surface area contributed by atoms with E-state index in [4.69, 9.17) is 16.1 Å². The van der Waals surface area contributed by atoms with Gasteiger partial charge in [-0.3, -0.25) is 4.79 Å². The average molecular weight is 288 g/mol. The van der Waals surface area contributed by atoms with Crippen molar-refractivity contribution in [1.82, 2.24) is 10.1 Å². The summed E-state index contributed by atoms with van der Waals surface area (Å²) in [6.45, 7) is 1.95. The maximum atomic E-state index is 12.1. The average Bonchev–Trinajstić information content (AvgIpc) is 2.82. The van der Waals surface area contributed by atoms with E-state index >= 15 is 0 Å². The van der Waals surface area contributed by atoms with Crippen LogP contribution < -0.4 is 5.32 Å². The number of aromatic nitrogens is 2. The zero-order valence-corrected chi connectivity index (χ0v) is 11.3. The molecule has 20 heavy (non-hydrogen) atoms. The van der Waals surface area contributed by atoms with Crippen LogP contribution >= 0.6 is 11.6 Å². The van der Waals surface area contributed by atoms with Crippen LogP contribution in [0.25, 0.3) is 11.0 Å². The first-order chi connectivity index (χ1) is 9.65. The molecule has 0 radical (unpaired) electrons. The number of rotatable bonds is 2. The Hall–Kier alpha value is -2.40. The summed E-state index contributed by atoms with van der Waals surface area (Å²) in [4.78, 5) is 16.0. The van der Waals surface area contributed by atoms with E-state index in [1.54, 1.807) is 12.1 Å². The van der Waals surface area contributed by atoms with Crippen LogP contribution in [0.5, 0.6) is 0 Å². The van der Waals surface area contributed by atoms with E-state index < -0.39 is 0 Å². The summed E-state index contributed by atoms with van der Waals surface area (Å²) in [5, 5.41) is 7.44. The number of carbonyl (C=O) groups excluding carboxylic acids is 1. The minimum atomic E-state index is -0.375. The molecule has 0 fully saturated rings. The number of carbonyl (C=O) groups is 1. The topological polar surface area (TPSA) is 68.0 Å². The molecule has 0 aliphatic rings. The monoisotopic (exact) mass is 287 g/mol. The lowest BCUT2D eigenvalue weighted by Crippen LogP contribution is -2.13. The lowest BCUT2D eigenvalue weighted by molar-refractivity contribution is 0.102. The van der Waals surface area contributed by atoms with Crippen molar-refractivity contribution in [3.63, 3.8) is 0 Å². The van der Waals surface area contributed by atoms with E-state index in [9.17, 15) is 4.79 Å². The second-order valence-electron chi connectivity index (χ2n) is 4.33. The van der Waals surface area contributed by atoms with Crippen molar-refractivity contribution in [3.8, 4) is 0 Å². The van der Waals surface area contributed by atoms with Gasteiger partial charge in [-0.2, -0.15) is 0 Å². The van der Waals surface area contributed by atoms with Gasteiger partial charge < -0.3 is 9.84 Å². The third kappa shape index (κ3) is 2.23. The molecule has 0 aliphatic heterocycles. The minimum absolute atomic E-state index is 0.147. The number of anilines is 1. The van der Waals surface area contributed by atoms with Crippen LogP contribution in [-0.4, -0.2) is 16.0 Å². The third-order valence-corrected chi connectivity index (χ3v) is 3.16. The molecule has 2 aromatic heterocycles. The Labute approximate surface area is 119 Å². The lowest BCUT2D eigenvalue weighted by atomic mass is 10.2. The summed E-state index contributed by atoms with van der Waals surface area (Å²) in [6.07, 6.45) is 1.52. The molecule has 0 aliphatic carbocycles. The SMILES string of the molecule is Cc1ccc2onc(NC(=O)c3cccnc3Cl)c2c1. The molecule has 1 aromatic carbocycles. The highest BCUT2D eigenvalue weighted by Crippen LogP contribution is 2.24. The van der Waals surface area contributed by atoms with Crippen molar-refractivity contribution >= 4 is 34.3 Å². The number of nitrogens with zero attached hydrogens (tertiary/aromatic N) is 2. The van der Waals surface area contributed by atoms with Crippen LogP contribution in [0.3, 0.4) is 0 Å². The predicted molar refractivity (Wildman–Crippen MR) is 75.9 cm³/mol. The number of pyridine rings is 1. The second-order valence-corrected chi connectivity index (χ2v) is 4.68. The molecule has 0 bridgehead atoms. The molecule has 0 spiro atoms. The summed E-state index contributed by atoms with van der Waals surface area (Å²) in [5.41, 5.74) is 1.96. The van der Waals surface area contributed by atoms with Gasteiger partial charge in [0.25, 0.3) is 5.91 Å². The van der Waals surface area contributed by atoms with E-state index in [1.807, 2.05) is 25.1 Å². The first kappa shape index (κ1) is 12.6. The highest BCUT2D eigenvalue weighted by Gasteiger charge is 2.15. The maximum Gasteiger partial charge on any atom is 0.260 e. The van der Waals surface area contributed by atoms with E-state index in [1.165, 1.54) is 6.20 Å². The first-order valence-corrected chi connectivity index (χ1v) is 6.31. The Morgan fingerprint density at radius 3 is 3.00 bits per heavy atom. The first-order valence-electron chi connectivity index (χ1n) is 5.93. The second kappa shape index (κ2) is 4.94. The van der Waals surface area contributed by atoms with Crippen molar-refractivity contribution in [2.24, 2.45) is 0 Å². The molecule has 0 saturated heterocycles. The fourth-order valence-electron chi connectivity index (χ4n) is 1.87. The summed E-state index contributed by atoms with van der Waals surface area (Å²) >= 11 is 5.89. The number of benzene rings is 1. The molecule has 0 saturated carbocycles. The molecular weight excluding hydrogens is 278 g/mol. The largest absolute Gasteiger partial charge is 0.354 e. The van der Waals surface area contributed by atoms with Gasteiger partial charge in [0.05, 0.1) is 10.9 Å². The fraction of sp³-hybridized carbons (Fsp3) is 0.0714. The molecule has 100 valence electrons. The minimum Gasteiger partial charge on any atom is -0.354 e. The number of nitrogens with one attached hydrogen (secondary N) is 1. The van der Waals surface area contributed by atoms with Gasteiger partial charge in [0, 0.05) is 6.20 Å². The number of hydrogen-bond acceptors (Lipinski definition) is 4. The standard InChI is InChI=1S/C14H10ClN3O2/c1-8-4-5-11-10(7-8)13(18-20-11)17-14(19)9-3-2-6-16-12(9)15/h2-7H,1H3,(H,17,18,19). The summed E-state index contributed by atoms with van der Waals surface area (Å²) in [7, 11) is 0. The van der Waals surface area contributed by atoms with Crippen molar-refractivity contribution in [1.29, 1.82) is 0 Å². The predicted octanol–water partition coefficient (Wildman–Crippen LogP) is 3.44. The van der Waals surface area contributed by atoms with E-state index in [0.717, 1.165) is 10.9 Å². The molecule has 6 heteroatoms. The summed E-state index contributed by atoms with van der Waals surface area (Å²) in [6, 6.07) is 8.86. The number of aryl methyl sites for hydroxylation is 1. The van der Waals surface area contributed by atoms with Crippen LogP contribution in [0.1, 0.15) is 15.9 Å². The molecule has 0 atom stereocenters.